The lowest BCUT2D eigenvalue weighted by Gasteiger charge is -2.11. The van der Waals surface area contributed by atoms with Gasteiger partial charge >= 0.3 is 5.97 Å². The fourth-order valence-corrected chi connectivity index (χ4v) is 4.71. The highest BCUT2D eigenvalue weighted by atomic mass is 32.7. The summed E-state index contributed by atoms with van der Waals surface area (Å²) in [5.41, 5.74) is 2.11. The monoisotopic (exact) mass is 337 g/mol. The summed E-state index contributed by atoms with van der Waals surface area (Å²) < 4.78 is 12.0. The molecule has 0 aliphatic heterocycles. The van der Waals surface area contributed by atoms with Crippen molar-refractivity contribution in [3.63, 3.8) is 0 Å². The second-order valence-electron chi connectivity index (χ2n) is 4.60. The zero-order chi connectivity index (χ0) is 16.0. The fourth-order valence-electron chi connectivity index (χ4n) is 1.84. The smallest absolute Gasteiger partial charge is 0.317 e. The normalized spacial score (nSPS) is 13.5. The molecular formula is C15H16NO4PS. The number of hydrogen-bond donors (Lipinski definition) is 3. The van der Waals surface area contributed by atoms with Crippen molar-refractivity contribution in [3.05, 3.63) is 54.6 Å². The molecule has 116 valence electrons. The molecule has 22 heavy (non-hydrogen) atoms. The number of nitrogens with one attached hydrogen (secondary N) is 1. The molecule has 0 bridgehead atoms. The predicted octanol–water partition coefficient (Wildman–Crippen LogP) is 3.26. The second kappa shape index (κ2) is 7.61. The van der Waals surface area contributed by atoms with Crippen LogP contribution in [0.25, 0.3) is 11.1 Å². The molecule has 2 rings (SSSR count). The molecule has 0 spiro atoms. The van der Waals surface area contributed by atoms with E-state index in [1.807, 2.05) is 42.5 Å². The van der Waals surface area contributed by atoms with E-state index in [1.54, 1.807) is 12.1 Å². The van der Waals surface area contributed by atoms with Gasteiger partial charge in [0.25, 0.3) is 6.57 Å². The van der Waals surface area contributed by atoms with Gasteiger partial charge in [-0.3, -0.25) is 14.7 Å². The molecule has 7 heteroatoms. The van der Waals surface area contributed by atoms with Gasteiger partial charge in [0.1, 0.15) is 0 Å². The molecule has 0 amide bonds. The van der Waals surface area contributed by atoms with Gasteiger partial charge in [-0.25, -0.2) is 0 Å². The van der Waals surface area contributed by atoms with E-state index in [9.17, 15) is 14.3 Å². The Labute approximate surface area is 132 Å². The maximum absolute atomic E-state index is 12.0. The zero-order valence-electron chi connectivity index (χ0n) is 11.7. The van der Waals surface area contributed by atoms with E-state index < -0.39 is 12.5 Å². The number of rotatable bonds is 7. The Morgan fingerprint density at radius 3 is 2.23 bits per heavy atom. The molecule has 0 saturated carbocycles. The lowest BCUT2D eigenvalue weighted by atomic mass is 10.1. The lowest BCUT2D eigenvalue weighted by Crippen LogP contribution is -2.22. The average molecular weight is 337 g/mol. The minimum atomic E-state index is -3.52. The number of carboxylic acids is 1. The SMILES string of the molecule is O=C(O)CNCP(=O)(O)Sc1ccc(-c2ccccc2)cc1. The molecule has 2 aromatic carbocycles. The minimum absolute atomic E-state index is 0.246. The number of benzene rings is 2. The average Bonchev–Trinajstić information content (AvgIpc) is 2.48. The summed E-state index contributed by atoms with van der Waals surface area (Å²) in [5, 5.41) is 10.9. The van der Waals surface area contributed by atoms with Crippen LogP contribution in [0.15, 0.2) is 59.5 Å². The largest absolute Gasteiger partial charge is 0.480 e. The summed E-state index contributed by atoms with van der Waals surface area (Å²) in [7, 11) is 0. The van der Waals surface area contributed by atoms with Crippen LogP contribution in [0.1, 0.15) is 0 Å². The molecule has 2 aromatic rings. The molecule has 0 saturated heterocycles. The van der Waals surface area contributed by atoms with E-state index in [-0.39, 0.29) is 12.8 Å². The van der Waals surface area contributed by atoms with E-state index in [2.05, 4.69) is 5.32 Å². The molecule has 0 radical (unpaired) electrons. The molecule has 0 fully saturated rings. The summed E-state index contributed by atoms with van der Waals surface area (Å²) >= 11 is 0.857. The van der Waals surface area contributed by atoms with Crippen molar-refractivity contribution in [3.8, 4) is 11.1 Å². The van der Waals surface area contributed by atoms with Crippen molar-refractivity contribution in [2.24, 2.45) is 0 Å². The van der Waals surface area contributed by atoms with E-state index in [0.717, 1.165) is 22.5 Å². The highest BCUT2D eigenvalue weighted by Crippen LogP contribution is 2.57. The summed E-state index contributed by atoms with van der Waals surface area (Å²) in [5.74, 6) is -1.06. The Balaban J connectivity index is 1.99. The first-order chi connectivity index (χ1) is 10.5. The van der Waals surface area contributed by atoms with Crippen LogP contribution in [-0.2, 0) is 9.36 Å². The number of hydrogen-bond acceptors (Lipinski definition) is 4. The maximum Gasteiger partial charge on any atom is 0.317 e. The first kappa shape index (κ1) is 16.8. The third-order valence-corrected chi connectivity index (χ3v) is 6.06. The van der Waals surface area contributed by atoms with Crippen LogP contribution >= 0.6 is 18.0 Å². The Kier molecular flexibility index (Phi) is 5.80. The quantitative estimate of drug-likeness (QED) is 0.672. The summed E-state index contributed by atoms with van der Waals surface area (Å²) in [4.78, 5) is 20.9. The van der Waals surface area contributed by atoms with Crippen LogP contribution in [0.2, 0.25) is 0 Å². The Hall–Kier alpha value is -1.59. The van der Waals surface area contributed by atoms with Gasteiger partial charge < -0.3 is 10.00 Å². The van der Waals surface area contributed by atoms with Crippen LogP contribution in [0, 0.1) is 0 Å². The van der Waals surface area contributed by atoms with Gasteiger partial charge in [-0.05, 0) is 34.6 Å². The second-order valence-corrected chi connectivity index (χ2v) is 9.10. The third kappa shape index (κ3) is 5.31. The molecular weight excluding hydrogens is 321 g/mol. The molecule has 5 nitrogen and oxygen atoms in total. The van der Waals surface area contributed by atoms with Crippen molar-refractivity contribution in [1.82, 2.24) is 5.32 Å². The molecule has 0 aliphatic rings. The number of carbonyl (C=O) groups is 1. The molecule has 0 aliphatic carbocycles. The first-order valence-electron chi connectivity index (χ1n) is 6.56. The van der Waals surface area contributed by atoms with Crippen LogP contribution in [0.4, 0.5) is 0 Å². The van der Waals surface area contributed by atoms with Crippen molar-refractivity contribution in [1.29, 1.82) is 0 Å². The Bertz CT molecular complexity index is 676. The van der Waals surface area contributed by atoms with Crippen molar-refractivity contribution < 1.29 is 19.4 Å². The Morgan fingerprint density at radius 1 is 1.05 bits per heavy atom. The van der Waals surface area contributed by atoms with Crippen LogP contribution in [0.3, 0.4) is 0 Å². The maximum atomic E-state index is 12.0. The highest BCUT2D eigenvalue weighted by molar-refractivity contribution is 8.56. The van der Waals surface area contributed by atoms with Gasteiger partial charge in [0.2, 0.25) is 0 Å². The van der Waals surface area contributed by atoms with Gasteiger partial charge in [-0.2, -0.15) is 0 Å². The van der Waals surface area contributed by atoms with E-state index in [4.69, 9.17) is 5.11 Å². The number of aliphatic carboxylic acids is 1. The van der Waals surface area contributed by atoms with Crippen molar-refractivity contribution in [2.45, 2.75) is 4.90 Å². The zero-order valence-corrected chi connectivity index (χ0v) is 13.4. The summed E-state index contributed by atoms with van der Waals surface area (Å²) in [6, 6.07) is 17.2. The predicted molar refractivity (Wildman–Crippen MR) is 88.1 cm³/mol. The third-order valence-electron chi connectivity index (χ3n) is 2.80. The van der Waals surface area contributed by atoms with Crippen LogP contribution in [0.5, 0.6) is 0 Å². The lowest BCUT2D eigenvalue weighted by molar-refractivity contribution is -0.135. The first-order valence-corrected chi connectivity index (χ1v) is 9.82. The summed E-state index contributed by atoms with van der Waals surface area (Å²) in [6.07, 6.45) is -0.246. The van der Waals surface area contributed by atoms with Crippen molar-refractivity contribution >= 4 is 23.9 Å². The highest BCUT2D eigenvalue weighted by Gasteiger charge is 2.20. The van der Waals surface area contributed by atoms with E-state index >= 15 is 0 Å². The van der Waals surface area contributed by atoms with E-state index in [0.29, 0.717) is 4.90 Å². The number of carboxylic acid groups (broad SMARTS) is 1. The molecule has 1 atom stereocenters. The summed E-state index contributed by atoms with van der Waals surface area (Å²) in [6.45, 7) is -3.85. The van der Waals surface area contributed by atoms with Gasteiger partial charge in [0, 0.05) is 4.90 Å². The minimum Gasteiger partial charge on any atom is -0.480 e. The fraction of sp³-hybridized carbons (Fsp3) is 0.133. The van der Waals surface area contributed by atoms with Crippen LogP contribution < -0.4 is 5.32 Å². The van der Waals surface area contributed by atoms with E-state index in [1.165, 1.54) is 0 Å². The van der Waals surface area contributed by atoms with Crippen molar-refractivity contribution in [2.75, 3.05) is 12.8 Å². The molecule has 3 N–H and O–H groups in total. The van der Waals surface area contributed by atoms with Gasteiger partial charge in [-0.1, -0.05) is 42.5 Å². The molecule has 0 heterocycles. The standard InChI is InChI=1S/C15H16NO4PS/c17-15(18)10-16-11-21(19,20)22-14-8-6-13(7-9-14)12-4-2-1-3-5-12/h1-9,16H,10-11H2,(H,17,18)(H,19,20). The molecule has 1 unspecified atom stereocenters. The van der Waals surface area contributed by atoms with Gasteiger partial charge in [0.05, 0.1) is 12.8 Å². The topological polar surface area (TPSA) is 86.6 Å². The van der Waals surface area contributed by atoms with Gasteiger partial charge in [0.15, 0.2) is 0 Å². The Morgan fingerprint density at radius 2 is 1.64 bits per heavy atom. The molecule has 0 aromatic heterocycles. The van der Waals surface area contributed by atoms with Gasteiger partial charge in [-0.15, -0.1) is 0 Å². The van der Waals surface area contributed by atoms with Crippen LogP contribution in [-0.4, -0.2) is 28.8 Å².